The molecule has 1 amide bonds. The van der Waals surface area contributed by atoms with Crippen LogP contribution in [0, 0.1) is 11.8 Å². The molecule has 4 atom stereocenters. The number of β-lactam (4-membered cyclic amide) rings is 1. The van der Waals surface area contributed by atoms with Gasteiger partial charge in [0.25, 0.3) is 0 Å². The number of carboxylic acid groups (broad SMARTS) is 1. The fraction of sp³-hybridized carbons (Fsp3) is 0.412. The van der Waals surface area contributed by atoms with E-state index in [9.17, 15) is 23.1 Å². The second-order valence-corrected chi connectivity index (χ2v) is 8.88. The Morgan fingerprint density at radius 2 is 1.92 bits per heavy atom. The number of sulfone groups is 1. The monoisotopic (exact) mass is 347 g/mol. The van der Waals surface area contributed by atoms with Gasteiger partial charge in [0.15, 0.2) is 15.2 Å². The van der Waals surface area contributed by atoms with Crippen LogP contribution < -0.4 is 0 Å². The van der Waals surface area contributed by atoms with Gasteiger partial charge in [-0.3, -0.25) is 9.69 Å². The second-order valence-electron chi connectivity index (χ2n) is 6.78. The largest absolute Gasteiger partial charge is 0.477 e. The molecule has 2 aliphatic heterocycles. The lowest BCUT2D eigenvalue weighted by atomic mass is 9.89. The summed E-state index contributed by atoms with van der Waals surface area (Å²) in [6.45, 7) is 1.46. The molecule has 1 aliphatic carbocycles. The molecule has 7 heteroatoms. The molecule has 1 aromatic rings. The van der Waals surface area contributed by atoms with Gasteiger partial charge in [-0.15, -0.1) is 0 Å². The summed E-state index contributed by atoms with van der Waals surface area (Å²) >= 11 is 0. The topological polar surface area (TPSA) is 91.8 Å². The van der Waals surface area contributed by atoms with Crippen LogP contribution in [-0.4, -0.2) is 41.4 Å². The number of carboxylic acids is 1. The molecule has 0 radical (unpaired) electrons. The molecule has 24 heavy (non-hydrogen) atoms. The number of carbonyl (C=O) groups excluding carboxylic acids is 1. The van der Waals surface area contributed by atoms with Gasteiger partial charge in [-0.25, -0.2) is 13.2 Å². The zero-order chi connectivity index (χ0) is 17.2. The van der Waals surface area contributed by atoms with Crippen LogP contribution in [0.1, 0.15) is 24.8 Å². The maximum atomic E-state index is 12.6. The Labute approximate surface area is 139 Å². The average Bonchev–Trinajstić information content (AvgIpc) is 3.28. The molecule has 4 rings (SSSR count). The van der Waals surface area contributed by atoms with E-state index in [0.29, 0.717) is 0 Å². The molecular weight excluding hydrogens is 330 g/mol. The van der Waals surface area contributed by atoms with E-state index in [1.165, 1.54) is 6.92 Å². The number of fused-ring (bicyclic) bond motifs is 1. The number of carbonyl (C=O) groups is 2. The molecule has 2 fully saturated rings. The third-order valence-electron chi connectivity index (χ3n) is 5.25. The summed E-state index contributed by atoms with van der Waals surface area (Å²) in [5.41, 5.74) is 1.17. The van der Waals surface area contributed by atoms with Crippen LogP contribution in [0.4, 0.5) is 0 Å². The first-order valence-corrected chi connectivity index (χ1v) is 9.57. The number of rotatable bonds is 3. The first-order valence-electron chi connectivity index (χ1n) is 7.85. The zero-order valence-corrected chi connectivity index (χ0v) is 13.9. The van der Waals surface area contributed by atoms with Crippen LogP contribution in [0.5, 0.6) is 0 Å². The van der Waals surface area contributed by atoms with Crippen molar-refractivity contribution in [2.24, 2.45) is 11.8 Å². The Hall–Kier alpha value is -2.15. The fourth-order valence-electron chi connectivity index (χ4n) is 4.14. The molecule has 1 N–H and O–H groups in total. The third-order valence-corrected chi connectivity index (χ3v) is 7.32. The molecule has 0 aromatic heterocycles. The van der Waals surface area contributed by atoms with E-state index in [4.69, 9.17) is 0 Å². The highest BCUT2D eigenvalue weighted by molar-refractivity contribution is 7.92. The van der Waals surface area contributed by atoms with E-state index in [1.807, 2.05) is 30.3 Å². The minimum Gasteiger partial charge on any atom is -0.477 e. The molecule has 0 bridgehead atoms. The number of amides is 1. The predicted octanol–water partition coefficient (Wildman–Crippen LogP) is 1.36. The van der Waals surface area contributed by atoms with Crippen LogP contribution >= 0.6 is 0 Å². The van der Waals surface area contributed by atoms with Crippen molar-refractivity contribution in [2.45, 2.75) is 24.6 Å². The lowest BCUT2D eigenvalue weighted by Gasteiger charge is -2.49. The van der Waals surface area contributed by atoms with Crippen molar-refractivity contribution in [3.63, 3.8) is 0 Å². The van der Waals surface area contributed by atoms with Crippen molar-refractivity contribution in [3.8, 4) is 0 Å². The molecule has 6 nitrogen and oxygen atoms in total. The highest BCUT2D eigenvalue weighted by Crippen LogP contribution is 2.58. The minimum atomic E-state index is -3.55. The highest BCUT2D eigenvalue weighted by Gasteiger charge is 2.65. The summed E-state index contributed by atoms with van der Waals surface area (Å²) in [6.07, 6.45) is 0.769. The van der Waals surface area contributed by atoms with Crippen LogP contribution in [0.25, 0.3) is 0 Å². The van der Waals surface area contributed by atoms with Crippen molar-refractivity contribution in [3.05, 3.63) is 47.2 Å². The summed E-state index contributed by atoms with van der Waals surface area (Å²) in [5, 5.41) is 8.33. The Balaban J connectivity index is 1.66. The predicted molar refractivity (Wildman–Crippen MR) is 85.5 cm³/mol. The van der Waals surface area contributed by atoms with Crippen molar-refractivity contribution in [1.82, 2.24) is 4.90 Å². The van der Waals surface area contributed by atoms with E-state index in [-0.39, 0.29) is 34.8 Å². The van der Waals surface area contributed by atoms with Crippen LogP contribution in [0.2, 0.25) is 0 Å². The summed E-state index contributed by atoms with van der Waals surface area (Å²) in [4.78, 5) is 25.0. The third kappa shape index (κ3) is 2.04. The SMILES string of the molecule is CC1=C(C(=O)O)N2C(=O)C(C3CC3c3ccccc3)[C@@H]2S(=O)(=O)C1. The molecule has 126 valence electrons. The smallest absolute Gasteiger partial charge is 0.352 e. The molecule has 1 aromatic carbocycles. The van der Waals surface area contributed by atoms with Gasteiger partial charge in [-0.2, -0.15) is 0 Å². The normalized spacial score (nSPS) is 33.7. The van der Waals surface area contributed by atoms with Gasteiger partial charge in [0, 0.05) is 0 Å². The van der Waals surface area contributed by atoms with Gasteiger partial charge in [0.2, 0.25) is 5.91 Å². The summed E-state index contributed by atoms with van der Waals surface area (Å²) in [6, 6.07) is 9.72. The Morgan fingerprint density at radius 1 is 1.25 bits per heavy atom. The zero-order valence-electron chi connectivity index (χ0n) is 13.0. The molecule has 3 unspecified atom stereocenters. The number of hydrogen-bond acceptors (Lipinski definition) is 4. The van der Waals surface area contributed by atoms with Gasteiger partial charge in [-0.05, 0) is 36.3 Å². The molecule has 0 spiro atoms. The van der Waals surface area contributed by atoms with Gasteiger partial charge in [0.05, 0.1) is 11.7 Å². The van der Waals surface area contributed by atoms with E-state index in [0.717, 1.165) is 16.9 Å². The second kappa shape index (κ2) is 4.92. The Kier molecular flexibility index (Phi) is 3.16. The average molecular weight is 347 g/mol. The molecule has 3 aliphatic rings. The lowest BCUT2D eigenvalue weighted by Crippen LogP contribution is -2.67. The highest BCUT2D eigenvalue weighted by atomic mass is 32.2. The summed E-state index contributed by atoms with van der Waals surface area (Å²) in [5.74, 6) is -2.37. The van der Waals surface area contributed by atoms with E-state index in [2.05, 4.69) is 0 Å². The van der Waals surface area contributed by atoms with Crippen molar-refractivity contribution in [1.29, 1.82) is 0 Å². The Morgan fingerprint density at radius 3 is 2.54 bits per heavy atom. The van der Waals surface area contributed by atoms with E-state index in [1.54, 1.807) is 0 Å². The van der Waals surface area contributed by atoms with Gasteiger partial charge >= 0.3 is 5.97 Å². The maximum Gasteiger partial charge on any atom is 0.352 e. The minimum absolute atomic E-state index is 0.0237. The number of hydrogen-bond donors (Lipinski definition) is 1. The standard InChI is InChI=1S/C17H17NO5S/c1-9-8-24(22,23)16-13(15(19)18(16)14(9)17(20)21)12-7-11(12)10-5-3-2-4-6-10/h2-6,11-13,16H,7-8H2,1H3,(H,20,21)/t11?,12?,13?,16-/m0/s1. The Bertz CT molecular complexity index is 874. The van der Waals surface area contributed by atoms with Crippen molar-refractivity contribution >= 4 is 21.7 Å². The number of nitrogens with zero attached hydrogens (tertiary/aromatic N) is 1. The van der Waals surface area contributed by atoms with E-state index >= 15 is 0 Å². The van der Waals surface area contributed by atoms with Crippen LogP contribution in [-0.2, 0) is 19.4 Å². The van der Waals surface area contributed by atoms with Gasteiger partial charge in [0.1, 0.15) is 5.70 Å². The first kappa shape index (κ1) is 15.4. The first-order chi connectivity index (χ1) is 11.3. The summed E-state index contributed by atoms with van der Waals surface area (Å²) in [7, 11) is -3.55. The number of aliphatic carboxylic acids is 1. The van der Waals surface area contributed by atoms with Crippen LogP contribution in [0.3, 0.4) is 0 Å². The van der Waals surface area contributed by atoms with Crippen LogP contribution in [0.15, 0.2) is 41.6 Å². The molecule has 2 heterocycles. The van der Waals surface area contributed by atoms with Gasteiger partial charge in [-0.1, -0.05) is 30.3 Å². The molecule has 1 saturated heterocycles. The molecule has 1 saturated carbocycles. The van der Waals surface area contributed by atoms with E-state index < -0.39 is 27.1 Å². The van der Waals surface area contributed by atoms with Gasteiger partial charge < -0.3 is 5.11 Å². The maximum absolute atomic E-state index is 12.6. The number of benzene rings is 1. The quantitative estimate of drug-likeness (QED) is 0.834. The lowest BCUT2D eigenvalue weighted by molar-refractivity contribution is -0.154. The summed E-state index contributed by atoms with van der Waals surface area (Å²) < 4.78 is 25.1. The molecular formula is C17H17NO5S. The fourth-order valence-corrected chi connectivity index (χ4v) is 6.35. The van der Waals surface area contributed by atoms with Crippen molar-refractivity contribution < 1.29 is 23.1 Å². The van der Waals surface area contributed by atoms with Crippen molar-refractivity contribution in [2.75, 3.05) is 5.75 Å².